The van der Waals surface area contributed by atoms with Crippen LogP contribution in [0.4, 0.5) is 0 Å². The molecule has 0 aliphatic heterocycles. The number of carbonyl (C=O) groups excluding carboxylic acids is 1. The van der Waals surface area contributed by atoms with E-state index in [0.717, 1.165) is 49.9 Å². The summed E-state index contributed by atoms with van der Waals surface area (Å²) in [6.45, 7) is 0.899. The van der Waals surface area contributed by atoms with Gasteiger partial charge in [-0.25, -0.2) is 0 Å². The van der Waals surface area contributed by atoms with E-state index < -0.39 is 0 Å². The van der Waals surface area contributed by atoms with Gasteiger partial charge in [0.05, 0.1) is 0 Å². The lowest BCUT2D eigenvalue weighted by atomic mass is 9.86. The van der Waals surface area contributed by atoms with E-state index >= 15 is 0 Å². The summed E-state index contributed by atoms with van der Waals surface area (Å²) in [5, 5.41) is 0. The molecule has 0 heterocycles. The number of nitrogens with zero attached hydrogens (tertiary/aromatic N) is 1. The Bertz CT molecular complexity index is 282. The zero-order valence-electron chi connectivity index (χ0n) is 11.5. The van der Waals surface area contributed by atoms with Crippen LogP contribution >= 0.6 is 11.6 Å². The van der Waals surface area contributed by atoms with Crippen molar-refractivity contribution in [1.29, 1.82) is 0 Å². The van der Waals surface area contributed by atoms with Crippen LogP contribution in [0.1, 0.15) is 51.4 Å². The van der Waals surface area contributed by atoms with E-state index in [-0.39, 0.29) is 0 Å². The van der Waals surface area contributed by atoms with Crippen molar-refractivity contribution >= 4 is 17.5 Å². The number of amides is 1. The van der Waals surface area contributed by atoms with Crippen LogP contribution in [0.25, 0.3) is 0 Å². The minimum Gasteiger partial charge on any atom is -0.346 e. The summed E-state index contributed by atoms with van der Waals surface area (Å²) >= 11 is 5.65. The maximum atomic E-state index is 12.1. The van der Waals surface area contributed by atoms with E-state index in [9.17, 15) is 4.79 Å². The first-order valence-corrected chi connectivity index (χ1v) is 8.04. The Labute approximate surface area is 116 Å². The molecular weight excluding hydrogens is 246 g/mol. The predicted molar refractivity (Wildman–Crippen MR) is 75.8 cm³/mol. The maximum absolute atomic E-state index is 12.1. The van der Waals surface area contributed by atoms with Crippen molar-refractivity contribution in [3.63, 3.8) is 0 Å². The molecule has 2 nitrogen and oxygen atoms in total. The van der Waals surface area contributed by atoms with Gasteiger partial charge in [0, 0.05) is 25.9 Å². The zero-order valence-corrected chi connectivity index (χ0v) is 12.3. The smallest absolute Gasteiger partial charge is 0.222 e. The van der Waals surface area contributed by atoms with E-state index in [2.05, 4.69) is 0 Å². The molecule has 3 atom stereocenters. The quantitative estimate of drug-likeness (QED) is 0.511. The highest BCUT2D eigenvalue weighted by atomic mass is 35.5. The van der Waals surface area contributed by atoms with Crippen molar-refractivity contribution in [3.05, 3.63) is 0 Å². The van der Waals surface area contributed by atoms with E-state index in [1.807, 2.05) is 11.9 Å². The Morgan fingerprint density at radius 2 is 2.06 bits per heavy atom. The third-order valence-corrected chi connectivity index (χ3v) is 5.14. The first kappa shape index (κ1) is 14.2. The Balaban J connectivity index is 1.64. The first-order valence-electron chi connectivity index (χ1n) is 7.50. The lowest BCUT2D eigenvalue weighted by Crippen LogP contribution is -2.30. The number of unbranched alkanes of at least 4 members (excludes halogenated alkanes) is 2. The second-order valence-electron chi connectivity index (χ2n) is 6.20. The van der Waals surface area contributed by atoms with Gasteiger partial charge < -0.3 is 4.90 Å². The minimum atomic E-state index is 0.360. The van der Waals surface area contributed by atoms with Gasteiger partial charge in [-0.2, -0.15) is 0 Å². The molecule has 2 fully saturated rings. The van der Waals surface area contributed by atoms with Gasteiger partial charge in [0.1, 0.15) is 0 Å². The zero-order chi connectivity index (χ0) is 13.0. The highest BCUT2D eigenvalue weighted by Crippen LogP contribution is 2.49. The van der Waals surface area contributed by atoms with Crippen molar-refractivity contribution in [3.8, 4) is 0 Å². The van der Waals surface area contributed by atoms with Gasteiger partial charge in [0.25, 0.3) is 0 Å². The molecule has 2 aliphatic rings. The van der Waals surface area contributed by atoms with Crippen LogP contribution in [0.15, 0.2) is 0 Å². The second-order valence-corrected chi connectivity index (χ2v) is 6.58. The summed E-state index contributed by atoms with van der Waals surface area (Å²) in [4.78, 5) is 14.1. The van der Waals surface area contributed by atoms with Gasteiger partial charge in [-0.05, 0) is 49.9 Å². The maximum Gasteiger partial charge on any atom is 0.222 e. The fourth-order valence-electron chi connectivity index (χ4n) is 3.75. The highest BCUT2D eigenvalue weighted by molar-refractivity contribution is 6.17. The molecular formula is C15H26ClNO. The molecule has 0 aromatic heterocycles. The molecule has 3 unspecified atom stereocenters. The second kappa shape index (κ2) is 6.79. The third kappa shape index (κ3) is 3.63. The van der Waals surface area contributed by atoms with E-state index in [4.69, 9.17) is 11.6 Å². The number of hydrogen-bond acceptors (Lipinski definition) is 1. The Hall–Kier alpha value is -0.240. The van der Waals surface area contributed by atoms with Gasteiger partial charge >= 0.3 is 0 Å². The van der Waals surface area contributed by atoms with Crippen molar-refractivity contribution in [2.24, 2.45) is 17.8 Å². The molecule has 2 rings (SSSR count). The molecule has 0 spiro atoms. The largest absolute Gasteiger partial charge is 0.346 e. The predicted octanol–water partition coefficient (Wildman–Crippen LogP) is 3.68. The molecule has 3 heteroatoms. The fourth-order valence-corrected chi connectivity index (χ4v) is 3.94. The number of alkyl halides is 1. The van der Waals surface area contributed by atoms with Gasteiger partial charge in [-0.1, -0.05) is 12.8 Å². The molecule has 0 N–H and O–H groups in total. The normalized spacial score (nSPS) is 29.8. The molecule has 0 aromatic rings. The first-order chi connectivity index (χ1) is 8.70. The van der Waals surface area contributed by atoms with Crippen molar-refractivity contribution in [1.82, 2.24) is 4.90 Å². The lowest BCUT2D eigenvalue weighted by Gasteiger charge is -2.24. The molecule has 2 saturated carbocycles. The number of rotatable bonds is 7. The topological polar surface area (TPSA) is 20.3 Å². The van der Waals surface area contributed by atoms with Crippen molar-refractivity contribution < 1.29 is 4.79 Å². The number of carbonyl (C=O) groups is 1. The Morgan fingerprint density at radius 1 is 1.22 bits per heavy atom. The molecule has 2 bridgehead atoms. The lowest BCUT2D eigenvalue weighted by molar-refractivity contribution is -0.131. The molecule has 0 aromatic carbocycles. The number of hydrogen-bond donors (Lipinski definition) is 0. The molecule has 0 saturated heterocycles. The summed E-state index contributed by atoms with van der Waals surface area (Å²) in [6.07, 6.45) is 9.60. The van der Waals surface area contributed by atoms with Crippen LogP contribution < -0.4 is 0 Å². The van der Waals surface area contributed by atoms with Gasteiger partial charge in [0.2, 0.25) is 5.91 Å². The van der Waals surface area contributed by atoms with Crippen molar-refractivity contribution in [2.45, 2.75) is 51.4 Å². The number of fused-ring (bicyclic) bond motifs is 2. The van der Waals surface area contributed by atoms with Crippen LogP contribution in [0.5, 0.6) is 0 Å². The standard InChI is InChI=1S/C15H26ClNO/c1-17(8-4-2-3-7-16)15(18)11-14-10-12-5-6-13(14)9-12/h12-14H,2-11H2,1H3. The number of halogens is 1. The Morgan fingerprint density at radius 3 is 2.67 bits per heavy atom. The van der Waals surface area contributed by atoms with Crippen LogP contribution in [0, 0.1) is 17.8 Å². The summed E-state index contributed by atoms with van der Waals surface area (Å²) in [5.74, 6) is 3.60. The van der Waals surface area contributed by atoms with Crippen molar-refractivity contribution in [2.75, 3.05) is 19.5 Å². The average Bonchev–Trinajstić information content (AvgIpc) is 2.96. The fraction of sp³-hybridized carbons (Fsp3) is 0.933. The van der Waals surface area contributed by atoms with Gasteiger partial charge in [-0.3, -0.25) is 4.79 Å². The van der Waals surface area contributed by atoms with Crippen LogP contribution in [-0.4, -0.2) is 30.3 Å². The van der Waals surface area contributed by atoms with E-state index in [1.165, 1.54) is 25.7 Å². The monoisotopic (exact) mass is 271 g/mol. The van der Waals surface area contributed by atoms with E-state index in [0.29, 0.717) is 11.8 Å². The van der Waals surface area contributed by atoms with Gasteiger partial charge in [-0.15, -0.1) is 11.6 Å². The average molecular weight is 272 g/mol. The van der Waals surface area contributed by atoms with E-state index in [1.54, 1.807) is 0 Å². The summed E-state index contributed by atoms with van der Waals surface area (Å²) in [7, 11) is 1.95. The SMILES string of the molecule is CN(CCCCCCl)C(=O)CC1CC2CCC1C2. The highest BCUT2D eigenvalue weighted by Gasteiger charge is 2.40. The Kier molecular flexibility index (Phi) is 5.35. The molecule has 18 heavy (non-hydrogen) atoms. The third-order valence-electron chi connectivity index (χ3n) is 4.87. The molecule has 1 amide bonds. The minimum absolute atomic E-state index is 0.360. The molecule has 0 radical (unpaired) electrons. The van der Waals surface area contributed by atoms with Crippen LogP contribution in [0.3, 0.4) is 0 Å². The molecule has 2 aliphatic carbocycles. The van der Waals surface area contributed by atoms with Gasteiger partial charge in [0.15, 0.2) is 0 Å². The van der Waals surface area contributed by atoms with Crippen LogP contribution in [-0.2, 0) is 4.79 Å². The molecule has 104 valence electrons. The summed E-state index contributed by atoms with van der Waals surface area (Å²) < 4.78 is 0. The van der Waals surface area contributed by atoms with Crippen LogP contribution in [0.2, 0.25) is 0 Å². The summed E-state index contributed by atoms with van der Waals surface area (Å²) in [5.41, 5.74) is 0. The summed E-state index contributed by atoms with van der Waals surface area (Å²) in [6, 6.07) is 0.